The second-order valence-electron chi connectivity index (χ2n) is 4.69. The molecule has 0 amide bonds. The number of hydrogen-bond acceptors (Lipinski definition) is 2. The summed E-state index contributed by atoms with van der Waals surface area (Å²) in [5, 5.41) is 9.42. The molecule has 1 aliphatic rings. The van der Waals surface area contributed by atoms with E-state index in [9.17, 15) is 18.3 Å². The van der Waals surface area contributed by atoms with Gasteiger partial charge in [-0.3, -0.25) is 4.90 Å². The molecule has 1 N–H and O–H groups in total. The Morgan fingerprint density at radius 2 is 1.65 bits per heavy atom. The summed E-state index contributed by atoms with van der Waals surface area (Å²) in [5.74, 6) is 0. The van der Waals surface area contributed by atoms with E-state index >= 15 is 0 Å². The molecule has 1 unspecified atom stereocenters. The van der Waals surface area contributed by atoms with Crippen molar-refractivity contribution in [3.05, 3.63) is 35.4 Å². The van der Waals surface area contributed by atoms with Gasteiger partial charge in [0.05, 0.1) is 0 Å². The summed E-state index contributed by atoms with van der Waals surface area (Å²) in [6, 6.07) is 7.53. The van der Waals surface area contributed by atoms with Crippen LogP contribution in [0.5, 0.6) is 0 Å². The van der Waals surface area contributed by atoms with Crippen molar-refractivity contribution in [2.45, 2.75) is 31.8 Å². The van der Waals surface area contributed by atoms with Gasteiger partial charge in [0.15, 0.2) is 5.60 Å². The van der Waals surface area contributed by atoms with Gasteiger partial charge in [0, 0.05) is 19.6 Å². The number of benzene rings is 1. The molecule has 0 bridgehead atoms. The van der Waals surface area contributed by atoms with E-state index in [1.165, 1.54) is 0 Å². The van der Waals surface area contributed by atoms with E-state index in [2.05, 4.69) is 0 Å². The van der Waals surface area contributed by atoms with Gasteiger partial charge in [0.2, 0.25) is 0 Å². The molecule has 1 heterocycles. The third-order valence-corrected chi connectivity index (χ3v) is 3.05. The highest BCUT2D eigenvalue weighted by molar-refractivity contribution is 5.30. The highest BCUT2D eigenvalue weighted by Crippen LogP contribution is 2.33. The quantitative estimate of drug-likeness (QED) is 0.864. The van der Waals surface area contributed by atoms with Crippen LogP contribution in [0.15, 0.2) is 24.3 Å². The van der Waals surface area contributed by atoms with E-state index in [0.29, 0.717) is 13.1 Å². The van der Waals surface area contributed by atoms with E-state index in [-0.39, 0.29) is 0 Å². The fourth-order valence-corrected chi connectivity index (χ4v) is 2.04. The molecular weight excluding hydrogens is 231 g/mol. The first kappa shape index (κ1) is 12.4. The number of β-amino-alcohol motifs (C(OH)–C–C–N with tert-alkyl or cyclic N) is 1. The number of alkyl halides is 3. The Labute approximate surface area is 97.7 Å². The van der Waals surface area contributed by atoms with Crippen LogP contribution < -0.4 is 0 Å². The van der Waals surface area contributed by atoms with Crippen molar-refractivity contribution in [1.82, 2.24) is 4.90 Å². The fourth-order valence-electron chi connectivity index (χ4n) is 2.04. The molecule has 1 aliphatic heterocycles. The summed E-state index contributed by atoms with van der Waals surface area (Å²) in [6.45, 7) is 1.34. The first-order valence-corrected chi connectivity index (χ1v) is 5.38. The van der Waals surface area contributed by atoms with Crippen molar-refractivity contribution in [3.63, 3.8) is 0 Å². The van der Waals surface area contributed by atoms with Crippen LogP contribution in [0.25, 0.3) is 0 Å². The van der Waals surface area contributed by atoms with E-state index in [1.807, 2.05) is 24.3 Å². The highest BCUT2D eigenvalue weighted by atomic mass is 19.4. The molecule has 0 saturated heterocycles. The van der Waals surface area contributed by atoms with E-state index < -0.39 is 18.3 Å². The topological polar surface area (TPSA) is 23.5 Å². The predicted octanol–water partition coefficient (Wildman–Crippen LogP) is 2.32. The van der Waals surface area contributed by atoms with Gasteiger partial charge in [-0.05, 0) is 18.1 Å². The monoisotopic (exact) mass is 245 g/mol. The van der Waals surface area contributed by atoms with Gasteiger partial charge in [-0.25, -0.2) is 0 Å². The number of halogens is 3. The minimum atomic E-state index is -4.60. The Kier molecular flexibility index (Phi) is 2.91. The van der Waals surface area contributed by atoms with Crippen LogP contribution >= 0.6 is 0 Å². The van der Waals surface area contributed by atoms with Crippen molar-refractivity contribution >= 4 is 0 Å². The third-order valence-electron chi connectivity index (χ3n) is 3.05. The maximum absolute atomic E-state index is 12.5. The van der Waals surface area contributed by atoms with Gasteiger partial charge < -0.3 is 5.11 Å². The van der Waals surface area contributed by atoms with Crippen LogP contribution in [0.2, 0.25) is 0 Å². The molecule has 0 aliphatic carbocycles. The molecule has 94 valence electrons. The minimum absolute atomic E-state index is 0.398. The van der Waals surface area contributed by atoms with Crippen molar-refractivity contribution < 1.29 is 18.3 Å². The normalized spacial score (nSPS) is 20.1. The molecule has 0 saturated carbocycles. The highest BCUT2D eigenvalue weighted by Gasteiger charge is 2.50. The Bertz CT molecular complexity index is 389. The Balaban J connectivity index is 2.05. The third kappa shape index (κ3) is 2.45. The van der Waals surface area contributed by atoms with Crippen LogP contribution in [-0.2, 0) is 13.1 Å². The van der Waals surface area contributed by atoms with Gasteiger partial charge in [0.25, 0.3) is 0 Å². The first-order valence-electron chi connectivity index (χ1n) is 5.38. The summed E-state index contributed by atoms with van der Waals surface area (Å²) in [4.78, 5) is 1.61. The second-order valence-corrected chi connectivity index (χ2v) is 4.69. The Hall–Kier alpha value is -1.07. The SMILES string of the molecule is CC(O)(CN1Cc2ccccc2C1)C(F)(F)F. The summed E-state index contributed by atoms with van der Waals surface area (Å²) in [5.41, 5.74) is -0.592. The standard InChI is InChI=1S/C12H14F3NO/c1-11(17,12(13,14)15)8-16-6-9-4-2-3-5-10(9)7-16/h2-5,17H,6-8H2,1H3. The molecule has 1 aromatic carbocycles. The second kappa shape index (κ2) is 3.99. The molecule has 17 heavy (non-hydrogen) atoms. The largest absolute Gasteiger partial charge is 0.418 e. The average molecular weight is 245 g/mol. The summed E-state index contributed by atoms with van der Waals surface area (Å²) in [6.07, 6.45) is -4.60. The number of hydrogen-bond donors (Lipinski definition) is 1. The molecule has 0 fully saturated rings. The van der Waals surface area contributed by atoms with E-state index in [1.54, 1.807) is 4.90 Å². The predicted molar refractivity (Wildman–Crippen MR) is 57.2 cm³/mol. The molecule has 2 nitrogen and oxygen atoms in total. The number of aliphatic hydroxyl groups is 1. The summed E-state index contributed by atoms with van der Waals surface area (Å²) in [7, 11) is 0. The molecule has 0 radical (unpaired) electrons. The molecule has 5 heteroatoms. The van der Waals surface area contributed by atoms with E-state index in [4.69, 9.17) is 0 Å². The number of nitrogens with zero attached hydrogens (tertiary/aromatic N) is 1. The van der Waals surface area contributed by atoms with Crippen molar-refractivity contribution in [2.24, 2.45) is 0 Å². The smallest absolute Gasteiger partial charge is 0.380 e. The number of rotatable bonds is 2. The lowest BCUT2D eigenvalue weighted by atomic mass is 10.1. The number of fused-ring (bicyclic) bond motifs is 1. The van der Waals surface area contributed by atoms with Gasteiger partial charge in [-0.2, -0.15) is 13.2 Å². The van der Waals surface area contributed by atoms with Crippen LogP contribution in [0.4, 0.5) is 13.2 Å². The van der Waals surface area contributed by atoms with Crippen LogP contribution in [0, 0.1) is 0 Å². The average Bonchev–Trinajstić information content (AvgIpc) is 2.56. The van der Waals surface area contributed by atoms with Crippen LogP contribution in [0.1, 0.15) is 18.1 Å². The Morgan fingerprint density at radius 3 is 2.06 bits per heavy atom. The maximum atomic E-state index is 12.5. The summed E-state index contributed by atoms with van der Waals surface area (Å²) >= 11 is 0. The lowest BCUT2D eigenvalue weighted by Gasteiger charge is -2.30. The minimum Gasteiger partial charge on any atom is -0.380 e. The molecule has 0 spiro atoms. The van der Waals surface area contributed by atoms with Gasteiger partial charge in [0.1, 0.15) is 0 Å². The zero-order valence-corrected chi connectivity index (χ0v) is 9.46. The molecule has 2 rings (SSSR count). The summed E-state index contributed by atoms with van der Waals surface area (Å²) < 4.78 is 37.6. The zero-order chi connectivity index (χ0) is 12.7. The van der Waals surface area contributed by atoms with Crippen molar-refractivity contribution in [3.8, 4) is 0 Å². The van der Waals surface area contributed by atoms with E-state index in [0.717, 1.165) is 18.1 Å². The molecular formula is C12H14F3NO. The molecule has 0 aromatic heterocycles. The lowest BCUT2D eigenvalue weighted by molar-refractivity contribution is -0.258. The van der Waals surface area contributed by atoms with Gasteiger partial charge in [-0.1, -0.05) is 24.3 Å². The zero-order valence-electron chi connectivity index (χ0n) is 9.46. The van der Waals surface area contributed by atoms with Gasteiger partial charge in [-0.15, -0.1) is 0 Å². The maximum Gasteiger partial charge on any atom is 0.418 e. The Morgan fingerprint density at radius 1 is 1.18 bits per heavy atom. The molecule has 1 atom stereocenters. The first-order chi connectivity index (χ1) is 7.79. The van der Waals surface area contributed by atoms with Crippen molar-refractivity contribution in [1.29, 1.82) is 0 Å². The van der Waals surface area contributed by atoms with Crippen LogP contribution in [0.3, 0.4) is 0 Å². The van der Waals surface area contributed by atoms with Crippen molar-refractivity contribution in [2.75, 3.05) is 6.54 Å². The fraction of sp³-hybridized carbons (Fsp3) is 0.500. The molecule has 1 aromatic rings. The lowest BCUT2D eigenvalue weighted by Crippen LogP contribution is -2.50. The van der Waals surface area contributed by atoms with Gasteiger partial charge >= 0.3 is 6.18 Å². The van der Waals surface area contributed by atoms with Crippen LogP contribution in [-0.4, -0.2) is 28.3 Å².